The van der Waals surface area contributed by atoms with Crippen molar-refractivity contribution in [3.05, 3.63) is 124 Å². The molecule has 0 radical (unpaired) electrons. The Kier molecular flexibility index (Phi) is 9.99. The van der Waals surface area contributed by atoms with Gasteiger partial charge in [0, 0.05) is 17.3 Å². The first-order valence-electron chi connectivity index (χ1n) is 15.3. The molecule has 0 bridgehead atoms. The topological polar surface area (TPSA) is 126 Å². The van der Waals surface area contributed by atoms with Crippen molar-refractivity contribution in [3.63, 3.8) is 0 Å². The van der Waals surface area contributed by atoms with Crippen LogP contribution in [0.1, 0.15) is 46.4 Å². The first kappa shape index (κ1) is 32.7. The predicted octanol–water partition coefficient (Wildman–Crippen LogP) is 9.40. The number of rotatable bonds is 9. The lowest BCUT2D eigenvalue weighted by molar-refractivity contribution is 0.0698. The maximum atomic E-state index is 12.7. The van der Waals surface area contributed by atoms with E-state index in [1.54, 1.807) is 60.7 Å². The van der Waals surface area contributed by atoms with E-state index in [1.165, 1.54) is 6.07 Å². The Bertz CT molecular complexity index is 1980. The third kappa shape index (κ3) is 8.17. The number of halogens is 2. The number of hydrogen-bond acceptors (Lipinski definition) is 5. The summed E-state index contributed by atoms with van der Waals surface area (Å²) in [5.41, 5.74) is 1.18. The third-order valence-corrected chi connectivity index (χ3v) is 8.77. The normalized spacial score (nSPS) is 15.7. The largest absolute Gasteiger partial charge is 0.490 e. The van der Waals surface area contributed by atoms with Gasteiger partial charge in [0.25, 0.3) is 5.91 Å². The molecule has 0 atom stereocenters. The van der Waals surface area contributed by atoms with Crippen LogP contribution < -0.4 is 25.4 Å². The summed E-state index contributed by atoms with van der Waals surface area (Å²) in [7, 11) is 0. The number of para-hydroxylation sites is 1. The van der Waals surface area contributed by atoms with Crippen LogP contribution in [0.5, 0.6) is 17.2 Å². The quantitative estimate of drug-likeness (QED) is 0.123. The van der Waals surface area contributed by atoms with Gasteiger partial charge in [-0.15, -0.1) is 0 Å². The van der Waals surface area contributed by atoms with Crippen LogP contribution in [0.25, 0.3) is 10.8 Å². The Labute approximate surface area is 286 Å². The second kappa shape index (κ2) is 14.7. The number of amides is 3. The molecule has 0 aromatic heterocycles. The van der Waals surface area contributed by atoms with Gasteiger partial charge in [0.1, 0.15) is 17.2 Å². The van der Waals surface area contributed by atoms with E-state index in [9.17, 15) is 19.5 Å². The summed E-state index contributed by atoms with van der Waals surface area (Å²) >= 11 is 12.0. The molecule has 1 saturated carbocycles. The number of carboxylic acids is 1. The van der Waals surface area contributed by atoms with Gasteiger partial charge in [-0.25, -0.2) is 9.59 Å². The lowest BCUT2D eigenvalue weighted by Gasteiger charge is -2.29. The zero-order valence-electron chi connectivity index (χ0n) is 25.5. The van der Waals surface area contributed by atoms with E-state index in [2.05, 4.69) is 16.0 Å². The number of nitrogens with one attached hydrogen (secondary N) is 3. The van der Waals surface area contributed by atoms with Gasteiger partial charge in [-0.2, -0.15) is 0 Å². The Morgan fingerprint density at radius 2 is 1.35 bits per heavy atom. The Morgan fingerprint density at radius 1 is 0.688 bits per heavy atom. The molecule has 5 aromatic rings. The van der Waals surface area contributed by atoms with Crippen molar-refractivity contribution in [2.75, 3.05) is 10.6 Å². The average Bonchev–Trinajstić information content (AvgIpc) is 3.08. The van der Waals surface area contributed by atoms with Crippen molar-refractivity contribution < 1.29 is 29.0 Å². The molecule has 0 spiro atoms. The molecular formula is C37H31Cl2N3O6. The molecule has 6 rings (SSSR count). The number of carbonyl (C=O) groups excluding carboxylic acids is 2. The fraction of sp³-hybridized carbons (Fsp3) is 0.162. The lowest BCUT2D eigenvalue weighted by Crippen LogP contribution is -2.41. The highest BCUT2D eigenvalue weighted by Gasteiger charge is 2.24. The van der Waals surface area contributed by atoms with Crippen LogP contribution in [-0.4, -0.2) is 35.2 Å². The summed E-state index contributed by atoms with van der Waals surface area (Å²) in [6.07, 6.45) is 3.30. The van der Waals surface area contributed by atoms with Gasteiger partial charge in [0.2, 0.25) is 0 Å². The number of urea groups is 1. The molecule has 244 valence electrons. The van der Waals surface area contributed by atoms with Crippen LogP contribution in [0, 0.1) is 0 Å². The molecule has 5 aromatic carbocycles. The monoisotopic (exact) mass is 683 g/mol. The molecule has 3 amide bonds. The van der Waals surface area contributed by atoms with E-state index in [4.69, 9.17) is 32.7 Å². The molecule has 1 fully saturated rings. The van der Waals surface area contributed by atoms with Crippen LogP contribution in [0.2, 0.25) is 10.0 Å². The lowest BCUT2D eigenvalue weighted by atomic mass is 9.93. The van der Waals surface area contributed by atoms with E-state index >= 15 is 0 Å². The molecule has 4 N–H and O–H groups in total. The highest BCUT2D eigenvalue weighted by Crippen LogP contribution is 2.31. The highest BCUT2D eigenvalue weighted by molar-refractivity contribution is 6.42. The molecule has 0 heterocycles. The number of anilines is 2. The smallest absolute Gasteiger partial charge is 0.337 e. The van der Waals surface area contributed by atoms with Crippen molar-refractivity contribution in [1.82, 2.24) is 5.32 Å². The fourth-order valence-electron chi connectivity index (χ4n) is 5.57. The van der Waals surface area contributed by atoms with Crippen LogP contribution >= 0.6 is 23.2 Å². The molecule has 0 unspecified atom stereocenters. The molecular weight excluding hydrogens is 653 g/mol. The van der Waals surface area contributed by atoms with Crippen LogP contribution in [0.15, 0.2) is 103 Å². The Hall–Kier alpha value is -5.25. The SMILES string of the molecule is O=C(Nc1ccc(Cl)c(Cl)c1)NC1CCC(Oc2ccc3cc(Oc4ccc(C(=O)Nc5ccccc5C(=O)O)cc4)ccc3c2)CC1. The Balaban J connectivity index is 0.991. The summed E-state index contributed by atoms with van der Waals surface area (Å²) in [5.74, 6) is 0.427. The minimum Gasteiger partial charge on any atom is -0.490 e. The molecule has 0 saturated heterocycles. The van der Waals surface area contributed by atoms with Crippen LogP contribution in [-0.2, 0) is 0 Å². The van der Waals surface area contributed by atoms with Gasteiger partial charge in [0.15, 0.2) is 0 Å². The first-order chi connectivity index (χ1) is 23.2. The maximum Gasteiger partial charge on any atom is 0.337 e. The summed E-state index contributed by atoms with van der Waals surface area (Å²) in [4.78, 5) is 36.6. The van der Waals surface area contributed by atoms with Crippen LogP contribution in [0.4, 0.5) is 16.2 Å². The van der Waals surface area contributed by atoms with E-state index in [0.29, 0.717) is 32.8 Å². The number of carbonyl (C=O) groups is 3. The van der Waals surface area contributed by atoms with E-state index in [0.717, 1.165) is 42.2 Å². The second-order valence-corrected chi connectivity index (χ2v) is 12.2. The zero-order valence-corrected chi connectivity index (χ0v) is 27.1. The number of fused-ring (bicyclic) bond motifs is 1. The third-order valence-electron chi connectivity index (χ3n) is 8.03. The minimum atomic E-state index is -1.12. The number of benzene rings is 5. The van der Waals surface area contributed by atoms with Crippen molar-refractivity contribution >= 4 is 63.3 Å². The number of aromatic carboxylic acids is 1. The molecule has 1 aliphatic carbocycles. The number of carboxylic acid groups (broad SMARTS) is 1. The average molecular weight is 685 g/mol. The van der Waals surface area contributed by atoms with Crippen molar-refractivity contribution in [2.24, 2.45) is 0 Å². The molecule has 11 heteroatoms. The van der Waals surface area contributed by atoms with Gasteiger partial charge in [0.05, 0.1) is 27.4 Å². The first-order valence-corrected chi connectivity index (χ1v) is 16.1. The maximum absolute atomic E-state index is 12.7. The van der Waals surface area contributed by atoms with Crippen molar-refractivity contribution in [1.29, 1.82) is 0 Å². The standard InChI is InChI=1S/C37H31Cl2N3O6/c38-32-18-11-26(21-33(32)39)41-37(46)40-25-9-16-28(17-10-25)48-30-15-8-23-19-29(14-7-24(23)20-30)47-27-12-5-22(6-13-27)35(43)42-34-4-2-1-3-31(34)36(44)45/h1-8,11-15,18-21,25,28H,9-10,16-17H2,(H,42,43)(H,44,45)(H2,40,41,46). The van der Waals surface area contributed by atoms with Crippen LogP contribution in [0.3, 0.4) is 0 Å². The summed E-state index contributed by atoms with van der Waals surface area (Å²) < 4.78 is 12.3. The minimum absolute atomic E-state index is 0.0157. The molecule has 1 aliphatic rings. The molecule has 48 heavy (non-hydrogen) atoms. The van der Waals surface area contributed by atoms with Gasteiger partial charge >= 0.3 is 12.0 Å². The summed E-state index contributed by atoms with van der Waals surface area (Å²) in [6.45, 7) is 0. The fourth-order valence-corrected chi connectivity index (χ4v) is 5.86. The highest BCUT2D eigenvalue weighted by atomic mass is 35.5. The molecule has 9 nitrogen and oxygen atoms in total. The van der Waals surface area contributed by atoms with Gasteiger partial charge in [-0.1, -0.05) is 47.5 Å². The summed E-state index contributed by atoms with van der Waals surface area (Å²) in [6, 6.07) is 29.3. The molecule has 0 aliphatic heterocycles. The van der Waals surface area contributed by atoms with Gasteiger partial charge in [-0.3, -0.25) is 4.79 Å². The Morgan fingerprint density at radius 3 is 2.06 bits per heavy atom. The van der Waals surface area contributed by atoms with Gasteiger partial charge in [-0.05, 0) is 115 Å². The number of ether oxygens (including phenoxy) is 2. The zero-order chi connectivity index (χ0) is 33.6. The predicted molar refractivity (Wildman–Crippen MR) is 187 cm³/mol. The van der Waals surface area contributed by atoms with E-state index in [-0.39, 0.29) is 29.4 Å². The second-order valence-electron chi connectivity index (χ2n) is 11.4. The number of hydrogen-bond donors (Lipinski definition) is 4. The van der Waals surface area contributed by atoms with Crippen molar-refractivity contribution in [2.45, 2.75) is 37.8 Å². The van der Waals surface area contributed by atoms with E-state index in [1.807, 2.05) is 36.4 Å². The van der Waals surface area contributed by atoms with E-state index < -0.39 is 11.9 Å². The van der Waals surface area contributed by atoms with Gasteiger partial charge < -0.3 is 30.5 Å². The summed E-state index contributed by atoms with van der Waals surface area (Å²) in [5, 5.41) is 20.6. The van der Waals surface area contributed by atoms with Crippen molar-refractivity contribution in [3.8, 4) is 17.2 Å².